The summed E-state index contributed by atoms with van der Waals surface area (Å²) in [5.74, 6) is 0. The van der Waals surface area contributed by atoms with Gasteiger partial charge in [-0.1, -0.05) is 30.3 Å². The first-order valence-electron chi connectivity index (χ1n) is 6.55. The minimum absolute atomic E-state index is 0.0912. The van der Waals surface area contributed by atoms with Gasteiger partial charge in [0.15, 0.2) is 0 Å². The lowest BCUT2D eigenvalue weighted by Gasteiger charge is -2.22. The molecule has 1 aromatic rings. The van der Waals surface area contributed by atoms with Crippen LogP contribution in [-0.2, 0) is 11.2 Å². The fourth-order valence-electron chi connectivity index (χ4n) is 1.67. The van der Waals surface area contributed by atoms with E-state index in [4.69, 9.17) is 4.74 Å². The van der Waals surface area contributed by atoms with E-state index in [1.807, 2.05) is 51.1 Å². The van der Waals surface area contributed by atoms with Crippen LogP contribution in [0.4, 0.5) is 4.79 Å². The van der Waals surface area contributed by atoms with Crippen molar-refractivity contribution in [2.24, 2.45) is 0 Å². The number of aliphatic hydroxyl groups excluding tert-OH is 1. The van der Waals surface area contributed by atoms with Gasteiger partial charge in [-0.15, -0.1) is 0 Å². The summed E-state index contributed by atoms with van der Waals surface area (Å²) in [4.78, 5) is 11.6. The van der Waals surface area contributed by atoms with Crippen LogP contribution in [0.2, 0.25) is 0 Å². The third-order valence-electron chi connectivity index (χ3n) is 2.57. The van der Waals surface area contributed by atoms with Gasteiger partial charge in [-0.25, -0.2) is 4.79 Å². The van der Waals surface area contributed by atoms with E-state index in [1.165, 1.54) is 5.56 Å². The molecule has 1 atom stereocenters. The van der Waals surface area contributed by atoms with E-state index in [0.717, 1.165) is 6.42 Å². The summed E-state index contributed by atoms with van der Waals surface area (Å²) in [5.41, 5.74) is 0.663. The largest absolute Gasteiger partial charge is 0.444 e. The summed E-state index contributed by atoms with van der Waals surface area (Å²) in [7, 11) is 0. The van der Waals surface area contributed by atoms with Gasteiger partial charge in [-0.05, 0) is 39.2 Å². The lowest BCUT2D eigenvalue weighted by molar-refractivity contribution is 0.0479. The second kappa shape index (κ2) is 7.14. The first kappa shape index (κ1) is 15.5. The predicted molar refractivity (Wildman–Crippen MR) is 75.0 cm³/mol. The molecule has 0 aliphatic heterocycles. The van der Waals surface area contributed by atoms with Gasteiger partial charge in [0, 0.05) is 0 Å². The minimum Gasteiger partial charge on any atom is -0.444 e. The van der Waals surface area contributed by atoms with Crippen molar-refractivity contribution in [1.29, 1.82) is 0 Å². The lowest BCUT2D eigenvalue weighted by atomic mass is 10.1. The van der Waals surface area contributed by atoms with Crippen molar-refractivity contribution < 1.29 is 14.6 Å². The molecule has 1 unspecified atom stereocenters. The van der Waals surface area contributed by atoms with Gasteiger partial charge in [0.05, 0.1) is 12.6 Å². The molecular formula is C15H23NO3. The van der Waals surface area contributed by atoms with E-state index in [-0.39, 0.29) is 12.6 Å². The minimum atomic E-state index is -0.524. The zero-order valence-electron chi connectivity index (χ0n) is 11.8. The molecule has 0 aliphatic carbocycles. The van der Waals surface area contributed by atoms with Crippen molar-refractivity contribution in [3.05, 3.63) is 35.9 Å². The number of rotatable bonds is 5. The predicted octanol–water partition coefficient (Wildman–Crippen LogP) is 2.50. The second-order valence-electron chi connectivity index (χ2n) is 5.55. The van der Waals surface area contributed by atoms with Crippen LogP contribution in [-0.4, -0.2) is 29.4 Å². The Kier molecular flexibility index (Phi) is 5.83. The van der Waals surface area contributed by atoms with Crippen LogP contribution in [0.1, 0.15) is 32.8 Å². The molecule has 0 heterocycles. The van der Waals surface area contributed by atoms with Crippen LogP contribution in [0.3, 0.4) is 0 Å². The topological polar surface area (TPSA) is 58.6 Å². The number of ether oxygens (including phenoxy) is 1. The Morgan fingerprint density at radius 2 is 1.95 bits per heavy atom. The molecule has 1 aromatic carbocycles. The molecule has 1 rings (SSSR count). The standard InChI is InChI=1S/C15H23NO3/c1-15(2,3)19-14(18)16-13(11-17)10-9-12-7-5-4-6-8-12/h4-8,13,17H,9-11H2,1-3H3,(H,16,18). The molecular weight excluding hydrogens is 242 g/mol. The second-order valence-corrected chi connectivity index (χ2v) is 5.55. The molecule has 0 saturated carbocycles. The summed E-state index contributed by atoms with van der Waals surface area (Å²) in [6.45, 7) is 5.34. The number of nitrogens with one attached hydrogen (secondary N) is 1. The Morgan fingerprint density at radius 3 is 2.47 bits per heavy atom. The van der Waals surface area contributed by atoms with Crippen LogP contribution in [0, 0.1) is 0 Å². The number of carbonyl (C=O) groups is 1. The van der Waals surface area contributed by atoms with Crippen molar-refractivity contribution in [3.8, 4) is 0 Å². The van der Waals surface area contributed by atoms with Crippen LogP contribution in [0.5, 0.6) is 0 Å². The van der Waals surface area contributed by atoms with Gasteiger partial charge < -0.3 is 15.2 Å². The number of aryl methyl sites for hydroxylation is 1. The molecule has 0 radical (unpaired) electrons. The number of carbonyl (C=O) groups excluding carboxylic acids is 1. The summed E-state index contributed by atoms with van der Waals surface area (Å²) < 4.78 is 5.16. The van der Waals surface area contributed by atoms with Gasteiger partial charge in [-0.2, -0.15) is 0 Å². The smallest absolute Gasteiger partial charge is 0.407 e. The van der Waals surface area contributed by atoms with Crippen LogP contribution >= 0.6 is 0 Å². The zero-order valence-corrected chi connectivity index (χ0v) is 11.8. The van der Waals surface area contributed by atoms with Crippen LogP contribution in [0.15, 0.2) is 30.3 Å². The summed E-state index contributed by atoms with van der Waals surface area (Å²) in [6, 6.07) is 9.69. The monoisotopic (exact) mass is 265 g/mol. The number of hydrogen-bond acceptors (Lipinski definition) is 3. The molecule has 4 nitrogen and oxygen atoms in total. The summed E-state index contributed by atoms with van der Waals surface area (Å²) in [6.07, 6.45) is 1.00. The Morgan fingerprint density at radius 1 is 1.32 bits per heavy atom. The Labute approximate surface area is 114 Å². The molecule has 4 heteroatoms. The zero-order chi connectivity index (χ0) is 14.3. The van der Waals surface area contributed by atoms with Crippen molar-refractivity contribution in [1.82, 2.24) is 5.32 Å². The molecule has 0 aliphatic rings. The lowest BCUT2D eigenvalue weighted by Crippen LogP contribution is -2.41. The molecule has 0 spiro atoms. The number of hydrogen-bond donors (Lipinski definition) is 2. The van der Waals surface area contributed by atoms with Crippen LogP contribution in [0.25, 0.3) is 0 Å². The molecule has 19 heavy (non-hydrogen) atoms. The van der Waals surface area contributed by atoms with Crippen molar-refractivity contribution in [3.63, 3.8) is 0 Å². The van der Waals surface area contributed by atoms with Crippen LogP contribution < -0.4 is 5.32 Å². The van der Waals surface area contributed by atoms with Gasteiger partial charge in [0.25, 0.3) is 0 Å². The van der Waals surface area contributed by atoms with E-state index in [9.17, 15) is 9.90 Å². The Hall–Kier alpha value is -1.55. The number of alkyl carbamates (subject to hydrolysis) is 1. The summed E-state index contributed by atoms with van der Waals surface area (Å²) in [5, 5.41) is 12.0. The van der Waals surface area contributed by atoms with Gasteiger partial charge >= 0.3 is 6.09 Å². The van der Waals surface area contributed by atoms with Gasteiger partial charge in [-0.3, -0.25) is 0 Å². The number of amides is 1. The maximum Gasteiger partial charge on any atom is 0.407 e. The van der Waals surface area contributed by atoms with Crippen molar-refractivity contribution in [2.45, 2.75) is 45.3 Å². The van der Waals surface area contributed by atoms with Gasteiger partial charge in [0.1, 0.15) is 5.60 Å². The molecule has 0 bridgehead atoms. The van der Waals surface area contributed by atoms with Crippen molar-refractivity contribution >= 4 is 6.09 Å². The molecule has 1 amide bonds. The van der Waals surface area contributed by atoms with E-state index in [1.54, 1.807) is 0 Å². The van der Waals surface area contributed by atoms with Crippen molar-refractivity contribution in [2.75, 3.05) is 6.61 Å². The molecule has 0 saturated heterocycles. The fourth-order valence-corrected chi connectivity index (χ4v) is 1.67. The average Bonchev–Trinajstić information content (AvgIpc) is 2.33. The van der Waals surface area contributed by atoms with E-state index >= 15 is 0 Å². The first-order chi connectivity index (χ1) is 8.90. The highest BCUT2D eigenvalue weighted by Gasteiger charge is 2.18. The first-order valence-corrected chi connectivity index (χ1v) is 6.55. The van der Waals surface area contributed by atoms with E-state index in [2.05, 4.69) is 5.32 Å². The molecule has 0 aromatic heterocycles. The highest BCUT2D eigenvalue weighted by Crippen LogP contribution is 2.08. The highest BCUT2D eigenvalue weighted by molar-refractivity contribution is 5.68. The van der Waals surface area contributed by atoms with E-state index in [0.29, 0.717) is 6.42 Å². The van der Waals surface area contributed by atoms with Gasteiger partial charge in [0.2, 0.25) is 0 Å². The molecule has 0 fully saturated rings. The maximum atomic E-state index is 11.6. The number of aliphatic hydroxyl groups is 1. The SMILES string of the molecule is CC(C)(C)OC(=O)NC(CO)CCc1ccccc1. The fraction of sp³-hybridized carbons (Fsp3) is 0.533. The van der Waals surface area contributed by atoms with E-state index < -0.39 is 11.7 Å². The Bertz CT molecular complexity index is 384. The molecule has 2 N–H and O–H groups in total. The third kappa shape index (κ3) is 6.82. The highest BCUT2D eigenvalue weighted by atomic mass is 16.6. The number of benzene rings is 1. The molecule has 106 valence electrons. The normalized spacial score (nSPS) is 12.8. The summed E-state index contributed by atoms with van der Waals surface area (Å²) >= 11 is 0. The third-order valence-corrected chi connectivity index (χ3v) is 2.57. The average molecular weight is 265 g/mol. The quantitative estimate of drug-likeness (QED) is 0.860. The maximum absolute atomic E-state index is 11.6. The Balaban J connectivity index is 2.39.